The van der Waals surface area contributed by atoms with Gasteiger partial charge in [0.25, 0.3) is 0 Å². The number of rotatable bonds is 7. The van der Waals surface area contributed by atoms with Crippen molar-refractivity contribution in [1.82, 2.24) is 5.16 Å². The number of hydrogen-bond acceptors (Lipinski definition) is 6. The second-order valence-electron chi connectivity index (χ2n) is 9.96. The van der Waals surface area contributed by atoms with Gasteiger partial charge in [0.05, 0.1) is 16.8 Å². The average molecular weight is 497 g/mol. The van der Waals surface area contributed by atoms with E-state index in [1.165, 1.54) is 0 Å². The van der Waals surface area contributed by atoms with Crippen LogP contribution in [0.5, 0.6) is 0 Å². The van der Waals surface area contributed by atoms with Gasteiger partial charge in [-0.15, -0.1) is 0 Å². The van der Waals surface area contributed by atoms with Crippen molar-refractivity contribution in [3.05, 3.63) is 100 Å². The summed E-state index contributed by atoms with van der Waals surface area (Å²) in [4.78, 5) is 31.0. The molecule has 37 heavy (non-hydrogen) atoms. The number of carbonyl (C=O) groups excluding carboxylic acids is 2. The number of aliphatic hydroxyl groups is 1. The highest BCUT2D eigenvalue weighted by Gasteiger charge is 2.34. The van der Waals surface area contributed by atoms with Crippen molar-refractivity contribution < 1.29 is 19.2 Å². The first-order chi connectivity index (χ1) is 18.0. The van der Waals surface area contributed by atoms with Crippen LogP contribution in [0.4, 0.5) is 0 Å². The summed E-state index contributed by atoms with van der Waals surface area (Å²) in [5.74, 6) is 0.691. The number of benzene rings is 2. The predicted molar refractivity (Wildman–Crippen MR) is 142 cm³/mol. The smallest absolute Gasteiger partial charge is 0.168 e. The molecule has 1 saturated carbocycles. The van der Waals surface area contributed by atoms with Gasteiger partial charge in [-0.25, -0.2) is 0 Å². The fourth-order valence-corrected chi connectivity index (χ4v) is 5.51. The molecule has 5 rings (SSSR count). The molecule has 0 radical (unpaired) electrons. The molecule has 6 nitrogen and oxygen atoms in total. The van der Waals surface area contributed by atoms with Gasteiger partial charge >= 0.3 is 0 Å². The zero-order chi connectivity index (χ0) is 25.8. The zero-order valence-electron chi connectivity index (χ0n) is 21.2. The van der Waals surface area contributed by atoms with Crippen LogP contribution in [0.2, 0.25) is 0 Å². The van der Waals surface area contributed by atoms with Crippen LogP contribution in [0.3, 0.4) is 0 Å². The second kappa shape index (κ2) is 11.1. The molecule has 1 aromatic heterocycles. The van der Waals surface area contributed by atoms with Crippen LogP contribution < -0.4 is 0 Å². The van der Waals surface area contributed by atoms with Gasteiger partial charge in [-0.3, -0.25) is 14.6 Å². The third-order valence-electron chi connectivity index (χ3n) is 7.37. The first-order valence-corrected chi connectivity index (χ1v) is 13.1. The molecule has 0 amide bonds. The molecular formula is C31H32N2O4. The minimum atomic E-state index is -0.0867. The Morgan fingerprint density at radius 2 is 1.54 bits per heavy atom. The Kier molecular flexibility index (Phi) is 7.45. The van der Waals surface area contributed by atoms with Crippen LogP contribution in [0, 0.1) is 0 Å². The fourth-order valence-electron chi connectivity index (χ4n) is 5.51. The minimum absolute atomic E-state index is 0.0168. The molecule has 0 saturated heterocycles. The Morgan fingerprint density at radius 1 is 0.919 bits per heavy atom. The standard InChI is InChI=1S/C31H32N2O4/c1-2-15-32-25-16-22(20-9-5-3-6-10-20)17-27(35)30(25)26(34)14-13-24-31-28(36)18-23(19-29(31)37-33-24)21-11-7-4-8-12-21/h3-12,22-23,34H,2,13-19H2,1H3/b30-26+,32-25?. The van der Waals surface area contributed by atoms with Crippen molar-refractivity contribution in [3.63, 3.8) is 0 Å². The number of aliphatic hydroxyl groups excluding tert-OH is 1. The van der Waals surface area contributed by atoms with Crippen LogP contribution in [-0.4, -0.2) is 34.1 Å². The third kappa shape index (κ3) is 5.33. The number of aliphatic imine (C=N–C) groups is 1. The zero-order valence-corrected chi connectivity index (χ0v) is 21.2. The third-order valence-corrected chi connectivity index (χ3v) is 7.37. The molecule has 2 unspecified atom stereocenters. The van der Waals surface area contributed by atoms with Crippen molar-refractivity contribution in [1.29, 1.82) is 0 Å². The molecule has 6 heteroatoms. The van der Waals surface area contributed by atoms with E-state index in [-0.39, 0.29) is 35.6 Å². The molecule has 190 valence electrons. The molecule has 1 heterocycles. The van der Waals surface area contributed by atoms with Crippen molar-refractivity contribution in [2.75, 3.05) is 6.54 Å². The highest BCUT2D eigenvalue weighted by molar-refractivity contribution is 6.24. The van der Waals surface area contributed by atoms with E-state index in [1.807, 2.05) is 67.6 Å². The van der Waals surface area contributed by atoms with Gasteiger partial charge in [-0.1, -0.05) is 72.7 Å². The van der Waals surface area contributed by atoms with E-state index in [0.717, 1.165) is 17.5 Å². The summed E-state index contributed by atoms with van der Waals surface area (Å²) in [5, 5.41) is 15.3. The molecule has 1 fully saturated rings. The molecule has 2 aliphatic rings. The summed E-state index contributed by atoms with van der Waals surface area (Å²) < 4.78 is 5.59. The lowest BCUT2D eigenvalue weighted by Crippen LogP contribution is -2.27. The van der Waals surface area contributed by atoms with E-state index in [9.17, 15) is 14.7 Å². The number of fused-ring (bicyclic) bond motifs is 1. The molecule has 2 atom stereocenters. The molecule has 0 bridgehead atoms. The second-order valence-corrected chi connectivity index (χ2v) is 9.96. The topological polar surface area (TPSA) is 92.8 Å². The summed E-state index contributed by atoms with van der Waals surface area (Å²) in [6, 6.07) is 20.0. The SMILES string of the molecule is CCCN=C1CC(c2ccccc2)CC(=O)/C1=C(/O)CCc1noc2c1C(=O)CC(c1ccccc1)C2. The van der Waals surface area contributed by atoms with Crippen LogP contribution >= 0.6 is 0 Å². The molecule has 1 N–H and O–H groups in total. The Labute approximate surface area is 217 Å². The average Bonchev–Trinajstić information content (AvgIpc) is 3.35. The summed E-state index contributed by atoms with van der Waals surface area (Å²) in [6.07, 6.45) is 3.38. The fraction of sp³-hybridized carbons (Fsp3) is 0.355. The van der Waals surface area contributed by atoms with Gasteiger partial charge in [0.2, 0.25) is 0 Å². The summed E-state index contributed by atoms with van der Waals surface area (Å²) in [5.41, 5.74) is 4.34. The van der Waals surface area contributed by atoms with E-state index in [1.54, 1.807) is 0 Å². The number of ketones is 2. The van der Waals surface area contributed by atoms with Crippen LogP contribution in [-0.2, 0) is 17.6 Å². The Balaban J connectivity index is 1.34. The van der Waals surface area contributed by atoms with Gasteiger partial charge in [0, 0.05) is 44.4 Å². The lowest BCUT2D eigenvalue weighted by atomic mass is 9.78. The molecular weight excluding hydrogens is 464 g/mol. The number of hydrogen-bond donors (Lipinski definition) is 1. The number of aromatic nitrogens is 1. The van der Waals surface area contributed by atoms with Crippen molar-refractivity contribution >= 4 is 17.3 Å². The highest BCUT2D eigenvalue weighted by atomic mass is 16.5. The van der Waals surface area contributed by atoms with Gasteiger partial charge in [0.1, 0.15) is 11.5 Å². The molecule has 2 aromatic carbocycles. The van der Waals surface area contributed by atoms with Gasteiger partial charge in [-0.05, 0) is 35.8 Å². The summed E-state index contributed by atoms with van der Waals surface area (Å²) in [7, 11) is 0. The molecule has 2 aliphatic carbocycles. The molecule has 0 spiro atoms. The number of Topliss-reactive ketones (excluding diaryl/α,β-unsaturated/α-hetero) is 2. The maximum atomic E-state index is 13.2. The van der Waals surface area contributed by atoms with Gasteiger partial charge in [-0.2, -0.15) is 0 Å². The number of carbonyl (C=O) groups is 2. The maximum Gasteiger partial charge on any atom is 0.168 e. The normalized spacial score (nSPS) is 22.2. The monoisotopic (exact) mass is 496 g/mol. The first kappa shape index (κ1) is 24.9. The van der Waals surface area contributed by atoms with E-state index < -0.39 is 0 Å². The van der Waals surface area contributed by atoms with Gasteiger partial charge < -0.3 is 9.63 Å². The van der Waals surface area contributed by atoms with Crippen LogP contribution in [0.1, 0.15) is 83.8 Å². The minimum Gasteiger partial charge on any atom is -0.511 e. The lowest BCUT2D eigenvalue weighted by molar-refractivity contribution is -0.116. The lowest BCUT2D eigenvalue weighted by Gasteiger charge is -2.26. The number of allylic oxidation sites excluding steroid dienone is 2. The number of nitrogens with zero attached hydrogens (tertiary/aromatic N) is 2. The highest BCUT2D eigenvalue weighted by Crippen LogP contribution is 2.36. The van der Waals surface area contributed by atoms with Crippen molar-refractivity contribution in [2.24, 2.45) is 4.99 Å². The summed E-state index contributed by atoms with van der Waals surface area (Å²) in [6.45, 7) is 2.65. The summed E-state index contributed by atoms with van der Waals surface area (Å²) >= 11 is 0. The molecule has 3 aromatic rings. The Hall–Kier alpha value is -3.80. The maximum absolute atomic E-state index is 13.2. The van der Waals surface area contributed by atoms with E-state index in [2.05, 4.69) is 10.1 Å². The van der Waals surface area contributed by atoms with E-state index in [0.29, 0.717) is 67.0 Å². The van der Waals surface area contributed by atoms with Crippen molar-refractivity contribution in [3.8, 4) is 0 Å². The predicted octanol–water partition coefficient (Wildman–Crippen LogP) is 6.33. The Bertz CT molecular complexity index is 1340. The number of aryl methyl sites for hydroxylation is 1. The van der Waals surface area contributed by atoms with Crippen molar-refractivity contribution in [2.45, 2.75) is 63.7 Å². The van der Waals surface area contributed by atoms with Gasteiger partial charge in [0.15, 0.2) is 11.6 Å². The van der Waals surface area contributed by atoms with Crippen LogP contribution in [0.25, 0.3) is 0 Å². The van der Waals surface area contributed by atoms with E-state index in [4.69, 9.17) is 4.52 Å². The molecule has 0 aliphatic heterocycles. The Morgan fingerprint density at radius 3 is 2.19 bits per heavy atom. The van der Waals surface area contributed by atoms with Crippen LogP contribution in [0.15, 0.2) is 81.5 Å². The largest absolute Gasteiger partial charge is 0.511 e. The first-order valence-electron chi connectivity index (χ1n) is 13.1. The van der Waals surface area contributed by atoms with E-state index >= 15 is 0 Å². The quantitative estimate of drug-likeness (QED) is 0.305.